The van der Waals surface area contributed by atoms with E-state index < -0.39 is 5.82 Å². The lowest BCUT2D eigenvalue weighted by molar-refractivity contribution is 0.286. The minimum Gasteiger partial charge on any atom is -0.484 e. The molecule has 0 unspecified atom stereocenters. The van der Waals surface area contributed by atoms with E-state index in [4.69, 9.17) is 22.2 Å². The van der Waals surface area contributed by atoms with Crippen molar-refractivity contribution in [2.75, 3.05) is 5.43 Å². The average molecular weight is 268 g/mol. The van der Waals surface area contributed by atoms with Gasteiger partial charge in [0.05, 0.1) is 16.4 Å². The minimum absolute atomic E-state index is 0.0258. The zero-order valence-corrected chi connectivity index (χ0v) is 10.1. The number of rotatable bonds is 4. The van der Waals surface area contributed by atoms with Crippen molar-refractivity contribution in [3.8, 4) is 5.75 Å². The lowest BCUT2D eigenvalue weighted by Gasteiger charge is -2.08. The van der Waals surface area contributed by atoms with Crippen molar-refractivity contribution < 1.29 is 9.13 Å². The van der Waals surface area contributed by atoms with Crippen LogP contribution in [-0.2, 0) is 6.61 Å². The predicted molar refractivity (Wildman–Crippen MR) is 67.8 cm³/mol. The van der Waals surface area contributed by atoms with E-state index in [1.807, 2.05) is 0 Å². The van der Waals surface area contributed by atoms with Crippen LogP contribution in [0.3, 0.4) is 0 Å². The van der Waals surface area contributed by atoms with Crippen molar-refractivity contribution in [3.05, 3.63) is 53.1 Å². The van der Waals surface area contributed by atoms with Crippen molar-refractivity contribution >= 4 is 17.3 Å². The molecule has 1 heterocycles. The second-order valence-corrected chi connectivity index (χ2v) is 3.93. The number of aromatic nitrogens is 1. The number of nitrogen functional groups attached to an aromatic ring is 1. The normalized spacial score (nSPS) is 10.2. The van der Waals surface area contributed by atoms with E-state index in [9.17, 15) is 4.39 Å². The highest BCUT2D eigenvalue weighted by atomic mass is 35.5. The van der Waals surface area contributed by atoms with Gasteiger partial charge in [-0.05, 0) is 24.3 Å². The number of halogens is 2. The summed E-state index contributed by atoms with van der Waals surface area (Å²) in [4.78, 5) is 4.08. The third kappa shape index (κ3) is 2.88. The van der Waals surface area contributed by atoms with E-state index in [1.165, 1.54) is 12.1 Å². The van der Waals surface area contributed by atoms with Gasteiger partial charge in [0, 0.05) is 6.20 Å². The standard InChI is InChI=1S/C12H11ClFN3O/c13-10-2-1-3-11(12(10)14)18-7-9-6-8(17-15)4-5-16-9/h1-6H,7,15H2,(H,16,17). The molecule has 0 amide bonds. The average Bonchev–Trinajstić information content (AvgIpc) is 2.41. The molecule has 6 heteroatoms. The highest BCUT2D eigenvalue weighted by Gasteiger charge is 2.07. The van der Waals surface area contributed by atoms with Crippen LogP contribution in [0.4, 0.5) is 10.1 Å². The molecule has 2 aromatic rings. The molecule has 3 N–H and O–H groups in total. The zero-order valence-electron chi connectivity index (χ0n) is 9.36. The lowest BCUT2D eigenvalue weighted by Crippen LogP contribution is -2.08. The second kappa shape index (κ2) is 5.66. The van der Waals surface area contributed by atoms with E-state index in [-0.39, 0.29) is 17.4 Å². The molecular formula is C12H11ClFN3O. The maximum atomic E-state index is 13.5. The summed E-state index contributed by atoms with van der Waals surface area (Å²) in [6.07, 6.45) is 1.59. The molecule has 2 rings (SSSR count). The Labute approximate surface area is 109 Å². The number of ether oxygens (including phenoxy) is 1. The molecule has 1 aromatic carbocycles. The summed E-state index contributed by atoms with van der Waals surface area (Å²) in [5.74, 6) is 4.79. The van der Waals surface area contributed by atoms with Gasteiger partial charge in [0.15, 0.2) is 11.6 Å². The fourth-order valence-electron chi connectivity index (χ4n) is 1.39. The number of anilines is 1. The van der Waals surface area contributed by atoms with Crippen LogP contribution in [0, 0.1) is 5.82 Å². The first kappa shape index (κ1) is 12.6. The summed E-state index contributed by atoms with van der Waals surface area (Å²) in [5.41, 5.74) is 3.83. The number of benzene rings is 1. The Bertz CT molecular complexity index is 551. The molecule has 1 aromatic heterocycles. The number of nitrogens with one attached hydrogen (secondary N) is 1. The van der Waals surface area contributed by atoms with Gasteiger partial charge in [-0.3, -0.25) is 10.8 Å². The molecule has 0 aliphatic carbocycles. The Kier molecular flexibility index (Phi) is 3.96. The van der Waals surface area contributed by atoms with Crippen LogP contribution in [0.2, 0.25) is 5.02 Å². The smallest absolute Gasteiger partial charge is 0.183 e. The van der Waals surface area contributed by atoms with E-state index in [2.05, 4.69) is 10.4 Å². The fraction of sp³-hybridized carbons (Fsp3) is 0.0833. The molecule has 0 radical (unpaired) electrons. The molecule has 4 nitrogen and oxygen atoms in total. The number of pyridine rings is 1. The number of hydrogen-bond acceptors (Lipinski definition) is 4. The van der Waals surface area contributed by atoms with Crippen LogP contribution in [-0.4, -0.2) is 4.98 Å². The molecule has 94 valence electrons. The first-order valence-electron chi connectivity index (χ1n) is 5.19. The van der Waals surface area contributed by atoms with Crippen molar-refractivity contribution in [1.29, 1.82) is 0 Å². The number of hydrogen-bond donors (Lipinski definition) is 2. The van der Waals surface area contributed by atoms with Gasteiger partial charge >= 0.3 is 0 Å². The molecule has 0 aliphatic rings. The van der Waals surface area contributed by atoms with Crippen LogP contribution in [0.25, 0.3) is 0 Å². The first-order valence-corrected chi connectivity index (χ1v) is 5.57. The molecule has 0 aliphatic heterocycles. The molecular weight excluding hydrogens is 257 g/mol. The van der Waals surface area contributed by atoms with Crippen molar-refractivity contribution in [1.82, 2.24) is 4.98 Å². The van der Waals surface area contributed by atoms with E-state index in [1.54, 1.807) is 24.4 Å². The van der Waals surface area contributed by atoms with Crippen molar-refractivity contribution in [2.24, 2.45) is 5.84 Å². The largest absolute Gasteiger partial charge is 0.484 e. The minimum atomic E-state index is -0.577. The quantitative estimate of drug-likeness (QED) is 0.661. The maximum Gasteiger partial charge on any atom is 0.183 e. The maximum absolute atomic E-state index is 13.5. The number of nitrogens with two attached hydrogens (primary N) is 1. The predicted octanol–water partition coefficient (Wildman–Crippen LogP) is 2.74. The summed E-state index contributed by atoms with van der Waals surface area (Å²) in [7, 11) is 0. The molecule has 0 bridgehead atoms. The summed E-state index contributed by atoms with van der Waals surface area (Å²) in [6, 6.07) is 8.01. The van der Waals surface area contributed by atoms with Crippen molar-refractivity contribution in [2.45, 2.75) is 6.61 Å². The van der Waals surface area contributed by atoms with E-state index in [0.717, 1.165) is 0 Å². The van der Waals surface area contributed by atoms with Gasteiger partial charge < -0.3 is 10.2 Å². The third-order valence-corrected chi connectivity index (χ3v) is 2.57. The van der Waals surface area contributed by atoms with E-state index in [0.29, 0.717) is 11.4 Å². The molecule has 18 heavy (non-hydrogen) atoms. The van der Waals surface area contributed by atoms with Gasteiger partial charge in [-0.15, -0.1) is 0 Å². The highest BCUT2D eigenvalue weighted by Crippen LogP contribution is 2.24. The first-order chi connectivity index (χ1) is 8.70. The summed E-state index contributed by atoms with van der Waals surface area (Å²) < 4.78 is 18.9. The van der Waals surface area contributed by atoms with Gasteiger partial charge in [-0.2, -0.15) is 0 Å². The Hall–Kier alpha value is -1.85. The van der Waals surface area contributed by atoms with Crippen LogP contribution in [0.15, 0.2) is 36.5 Å². The molecule has 0 spiro atoms. The lowest BCUT2D eigenvalue weighted by atomic mass is 10.3. The van der Waals surface area contributed by atoms with Gasteiger partial charge in [0.1, 0.15) is 6.61 Å². The van der Waals surface area contributed by atoms with E-state index >= 15 is 0 Å². The Morgan fingerprint density at radius 2 is 2.22 bits per heavy atom. The molecule has 0 fully saturated rings. The van der Waals surface area contributed by atoms with Gasteiger partial charge in [0.2, 0.25) is 0 Å². The van der Waals surface area contributed by atoms with Crippen molar-refractivity contribution in [3.63, 3.8) is 0 Å². The number of nitrogens with zero attached hydrogens (tertiary/aromatic N) is 1. The summed E-state index contributed by atoms with van der Waals surface area (Å²) >= 11 is 5.65. The Balaban J connectivity index is 2.09. The van der Waals surface area contributed by atoms with Crippen LogP contribution >= 0.6 is 11.6 Å². The fourth-order valence-corrected chi connectivity index (χ4v) is 1.56. The van der Waals surface area contributed by atoms with Gasteiger partial charge in [-0.1, -0.05) is 17.7 Å². The summed E-state index contributed by atoms with van der Waals surface area (Å²) in [5, 5.41) is 0.0258. The Morgan fingerprint density at radius 1 is 1.39 bits per heavy atom. The second-order valence-electron chi connectivity index (χ2n) is 3.52. The highest BCUT2D eigenvalue weighted by molar-refractivity contribution is 6.30. The Morgan fingerprint density at radius 3 is 3.00 bits per heavy atom. The van der Waals surface area contributed by atoms with Crippen LogP contribution in [0.1, 0.15) is 5.69 Å². The summed E-state index contributed by atoms with van der Waals surface area (Å²) in [6.45, 7) is 0.132. The molecule has 0 saturated carbocycles. The molecule has 0 atom stereocenters. The molecule has 0 saturated heterocycles. The van der Waals surface area contributed by atoms with Crippen LogP contribution in [0.5, 0.6) is 5.75 Å². The zero-order chi connectivity index (χ0) is 13.0. The van der Waals surface area contributed by atoms with Gasteiger partial charge in [0.25, 0.3) is 0 Å². The van der Waals surface area contributed by atoms with Crippen LogP contribution < -0.4 is 16.0 Å². The topological polar surface area (TPSA) is 60.2 Å². The number of hydrazine groups is 1. The third-order valence-electron chi connectivity index (χ3n) is 2.27. The van der Waals surface area contributed by atoms with Gasteiger partial charge in [-0.25, -0.2) is 4.39 Å². The monoisotopic (exact) mass is 267 g/mol. The SMILES string of the molecule is NNc1ccnc(COc2cccc(Cl)c2F)c1.